The lowest BCUT2D eigenvalue weighted by Crippen LogP contribution is -2.22. The first kappa shape index (κ1) is 22.7. The summed E-state index contributed by atoms with van der Waals surface area (Å²) >= 11 is 2.54. The van der Waals surface area contributed by atoms with Gasteiger partial charge >= 0.3 is 0 Å². The van der Waals surface area contributed by atoms with Crippen LogP contribution in [0.15, 0.2) is 63.9 Å². The smallest absolute Gasteiger partial charge is 0.276 e. The average molecular weight is 484 g/mol. The summed E-state index contributed by atoms with van der Waals surface area (Å²) in [5.41, 5.74) is 1.65. The van der Waals surface area contributed by atoms with Gasteiger partial charge in [0, 0.05) is 17.8 Å². The molecule has 2 aromatic carbocycles. The minimum Gasteiger partial charge on any atom is -0.493 e. The summed E-state index contributed by atoms with van der Waals surface area (Å²) in [6.07, 6.45) is 0. The molecule has 0 saturated carbocycles. The monoisotopic (exact) mass is 483 g/mol. The highest BCUT2D eigenvalue weighted by molar-refractivity contribution is 7.99. The van der Waals surface area contributed by atoms with E-state index in [1.54, 1.807) is 18.2 Å². The number of thioether (sulfide) groups is 1. The molecular formula is C23H21N3O5S2. The molecular weight excluding hydrogens is 462 g/mol. The first-order chi connectivity index (χ1) is 16.0. The maximum Gasteiger partial charge on any atom is 0.276 e. The van der Waals surface area contributed by atoms with Crippen LogP contribution in [0.2, 0.25) is 0 Å². The van der Waals surface area contributed by atoms with E-state index in [0.717, 1.165) is 0 Å². The van der Waals surface area contributed by atoms with Gasteiger partial charge < -0.3 is 19.5 Å². The van der Waals surface area contributed by atoms with Gasteiger partial charge in [-0.3, -0.25) is 14.2 Å². The Hall–Kier alpha value is -3.50. The van der Waals surface area contributed by atoms with Gasteiger partial charge in [-0.15, -0.1) is 11.3 Å². The number of para-hydroxylation sites is 1. The van der Waals surface area contributed by atoms with Gasteiger partial charge in [-0.25, -0.2) is 4.98 Å². The van der Waals surface area contributed by atoms with Crippen LogP contribution in [0.1, 0.15) is 0 Å². The summed E-state index contributed by atoms with van der Waals surface area (Å²) in [5, 5.41) is 5.11. The molecule has 8 nitrogen and oxygen atoms in total. The first-order valence-electron chi connectivity index (χ1n) is 9.84. The number of carbonyl (C=O) groups excluding carboxylic acids is 1. The Morgan fingerprint density at radius 1 is 1.06 bits per heavy atom. The molecule has 2 heterocycles. The van der Waals surface area contributed by atoms with Crippen molar-refractivity contribution in [1.82, 2.24) is 9.55 Å². The molecule has 0 aliphatic heterocycles. The number of nitrogens with zero attached hydrogens (tertiary/aromatic N) is 2. The van der Waals surface area contributed by atoms with Gasteiger partial charge in [0.2, 0.25) is 11.7 Å². The number of hydrogen-bond acceptors (Lipinski definition) is 8. The Morgan fingerprint density at radius 2 is 1.76 bits per heavy atom. The second-order valence-corrected chi connectivity index (χ2v) is 8.61. The fourth-order valence-electron chi connectivity index (χ4n) is 3.27. The fourth-order valence-corrected chi connectivity index (χ4v) is 4.85. The van der Waals surface area contributed by atoms with E-state index in [9.17, 15) is 9.59 Å². The van der Waals surface area contributed by atoms with Crippen molar-refractivity contribution in [2.24, 2.45) is 0 Å². The molecule has 1 amide bonds. The quantitative estimate of drug-likeness (QED) is 0.297. The number of ether oxygens (including phenoxy) is 3. The zero-order valence-corrected chi connectivity index (χ0v) is 19.8. The molecule has 0 unspecified atom stereocenters. The summed E-state index contributed by atoms with van der Waals surface area (Å²) in [6, 6.07) is 14.4. The third-order valence-corrected chi connectivity index (χ3v) is 6.57. The topological polar surface area (TPSA) is 91.7 Å². The SMILES string of the molecule is COc1cc(NC(=O)CSc2nc3ccsc3c(=O)n2-c2ccccc2)cc(OC)c1OC. The molecule has 10 heteroatoms. The number of nitrogens with one attached hydrogen (secondary N) is 1. The zero-order valence-electron chi connectivity index (χ0n) is 18.2. The molecule has 0 saturated heterocycles. The van der Waals surface area contributed by atoms with Crippen molar-refractivity contribution in [2.45, 2.75) is 5.16 Å². The number of hydrogen-bond donors (Lipinski definition) is 1. The second kappa shape index (κ2) is 9.97. The minimum atomic E-state index is -0.270. The summed E-state index contributed by atoms with van der Waals surface area (Å²) in [4.78, 5) is 30.5. The normalized spacial score (nSPS) is 10.8. The molecule has 1 N–H and O–H groups in total. The number of benzene rings is 2. The summed E-state index contributed by atoms with van der Waals surface area (Å²) in [7, 11) is 4.53. The maximum absolute atomic E-state index is 13.1. The van der Waals surface area contributed by atoms with Gasteiger partial charge in [0.25, 0.3) is 5.56 Å². The molecule has 0 aliphatic rings. The third-order valence-electron chi connectivity index (χ3n) is 4.74. The number of rotatable bonds is 8. The van der Waals surface area contributed by atoms with Gasteiger partial charge in [-0.2, -0.15) is 0 Å². The maximum atomic E-state index is 13.1. The number of amides is 1. The van der Waals surface area contributed by atoms with Crippen LogP contribution in [0.25, 0.3) is 15.9 Å². The van der Waals surface area contributed by atoms with E-state index in [1.807, 2.05) is 35.7 Å². The van der Waals surface area contributed by atoms with Crippen LogP contribution in [-0.2, 0) is 4.79 Å². The largest absolute Gasteiger partial charge is 0.493 e. The van der Waals surface area contributed by atoms with Crippen molar-refractivity contribution in [2.75, 3.05) is 32.4 Å². The molecule has 0 atom stereocenters. The predicted octanol–water partition coefficient (Wildman–Crippen LogP) is 4.20. The number of thiophene rings is 1. The number of fused-ring (bicyclic) bond motifs is 1. The van der Waals surface area contributed by atoms with E-state index < -0.39 is 0 Å². The van der Waals surface area contributed by atoms with Crippen LogP contribution < -0.4 is 25.1 Å². The minimum absolute atomic E-state index is 0.0472. The summed E-state index contributed by atoms with van der Waals surface area (Å²) in [6.45, 7) is 0. The fraction of sp³-hybridized carbons (Fsp3) is 0.174. The molecule has 4 aromatic rings. The van der Waals surface area contributed by atoms with Gasteiger partial charge in [0.05, 0.1) is 38.3 Å². The van der Waals surface area contributed by atoms with Crippen molar-refractivity contribution in [3.05, 3.63) is 64.3 Å². The Labute approximate surface area is 198 Å². The van der Waals surface area contributed by atoms with Crippen LogP contribution in [-0.4, -0.2) is 42.5 Å². The Kier molecular flexibility index (Phi) is 6.85. The van der Waals surface area contributed by atoms with Crippen molar-refractivity contribution in [3.8, 4) is 22.9 Å². The predicted molar refractivity (Wildman–Crippen MR) is 131 cm³/mol. The number of carbonyl (C=O) groups is 1. The number of aromatic nitrogens is 2. The van der Waals surface area contributed by atoms with Crippen LogP contribution in [0.4, 0.5) is 5.69 Å². The molecule has 170 valence electrons. The third kappa shape index (κ3) is 4.67. The van der Waals surface area contributed by atoms with E-state index in [1.165, 1.54) is 49.0 Å². The molecule has 0 fully saturated rings. The van der Waals surface area contributed by atoms with Crippen molar-refractivity contribution in [3.63, 3.8) is 0 Å². The van der Waals surface area contributed by atoms with Gasteiger partial charge in [0.1, 0.15) is 4.70 Å². The van der Waals surface area contributed by atoms with E-state index in [2.05, 4.69) is 10.3 Å². The number of methoxy groups -OCH3 is 3. The highest BCUT2D eigenvalue weighted by Crippen LogP contribution is 2.40. The lowest BCUT2D eigenvalue weighted by Gasteiger charge is -2.15. The molecule has 0 spiro atoms. The Bertz CT molecular complexity index is 1330. The lowest BCUT2D eigenvalue weighted by atomic mass is 10.2. The van der Waals surface area contributed by atoms with Crippen molar-refractivity contribution >= 4 is 44.9 Å². The zero-order chi connectivity index (χ0) is 23.4. The van der Waals surface area contributed by atoms with Crippen molar-refractivity contribution < 1.29 is 19.0 Å². The summed E-state index contributed by atoms with van der Waals surface area (Å²) < 4.78 is 18.1. The molecule has 0 bridgehead atoms. The standard InChI is InChI=1S/C23H21N3O5S2/c1-29-17-11-14(12-18(30-2)20(17)31-3)24-19(27)13-33-23-25-16-9-10-32-21(16)22(28)26(23)15-7-5-4-6-8-15/h4-12H,13H2,1-3H3,(H,24,27). The lowest BCUT2D eigenvalue weighted by molar-refractivity contribution is -0.113. The highest BCUT2D eigenvalue weighted by Gasteiger charge is 2.17. The number of anilines is 1. The Balaban J connectivity index is 1.59. The van der Waals surface area contributed by atoms with E-state index in [0.29, 0.717) is 44.0 Å². The van der Waals surface area contributed by atoms with E-state index in [-0.39, 0.29) is 17.2 Å². The van der Waals surface area contributed by atoms with Crippen LogP contribution in [0.5, 0.6) is 17.2 Å². The average Bonchev–Trinajstić information content (AvgIpc) is 3.31. The van der Waals surface area contributed by atoms with E-state index >= 15 is 0 Å². The van der Waals surface area contributed by atoms with Crippen molar-refractivity contribution in [1.29, 1.82) is 0 Å². The van der Waals surface area contributed by atoms with Crippen LogP contribution >= 0.6 is 23.1 Å². The summed E-state index contributed by atoms with van der Waals surface area (Å²) in [5.74, 6) is 1.08. The van der Waals surface area contributed by atoms with Gasteiger partial charge in [0.15, 0.2) is 16.7 Å². The second-order valence-electron chi connectivity index (χ2n) is 6.76. The van der Waals surface area contributed by atoms with Gasteiger partial charge in [-0.1, -0.05) is 30.0 Å². The van der Waals surface area contributed by atoms with Gasteiger partial charge in [-0.05, 0) is 23.6 Å². The Morgan fingerprint density at radius 3 is 2.39 bits per heavy atom. The molecule has 2 aromatic heterocycles. The van der Waals surface area contributed by atoms with Crippen LogP contribution in [0, 0.1) is 0 Å². The molecule has 4 rings (SSSR count). The molecule has 0 aliphatic carbocycles. The van der Waals surface area contributed by atoms with E-state index in [4.69, 9.17) is 14.2 Å². The highest BCUT2D eigenvalue weighted by atomic mass is 32.2. The molecule has 0 radical (unpaired) electrons. The van der Waals surface area contributed by atoms with Crippen LogP contribution in [0.3, 0.4) is 0 Å². The molecule has 33 heavy (non-hydrogen) atoms. The first-order valence-corrected chi connectivity index (χ1v) is 11.7.